The monoisotopic (exact) mass is 326 g/mol. The van der Waals surface area contributed by atoms with E-state index in [0.29, 0.717) is 31.1 Å². The van der Waals surface area contributed by atoms with Gasteiger partial charge in [0.15, 0.2) is 0 Å². The van der Waals surface area contributed by atoms with Gasteiger partial charge in [-0.1, -0.05) is 5.16 Å². The quantitative estimate of drug-likeness (QED) is 0.692. The molecular formula is C17H18N4O3. The van der Waals surface area contributed by atoms with Crippen LogP contribution in [0, 0.1) is 6.92 Å². The topological polar surface area (TPSA) is 85.3 Å². The Labute approximate surface area is 139 Å². The molecule has 0 fully saturated rings. The first-order chi connectivity index (χ1) is 11.6. The standard InChI is InChI=1S/C17H18N4O3/c1-12-3-4-14(23-12)11-21(2)16(22)6-5-15-19-17(20-24-15)13-7-9-18-10-8-13/h3-4,7-10H,5-6,11H2,1-2H3. The zero-order valence-electron chi connectivity index (χ0n) is 13.6. The Morgan fingerprint density at radius 2 is 2.00 bits per heavy atom. The van der Waals surface area contributed by atoms with Crippen LogP contribution in [0.2, 0.25) is 0 Å². The molecule has 0 unspecified atom stereocenters. The van der Waals surface area contributed by atoms with Crippen LogP contribution in [-0.4, -0.2) is 33.0 Å². The van der Waals surface area contributed by atoms with Crippen LogP contribution in [0.25, 0.3) is 11.4 Å². The maximum atomic E-state index is 12.2. The number of aryl methyl sites for hydroxylation is 2. The maximum absolute atomic E-state index is 12.2. The highest BCUT2D eigenvalue weighted by molar-refractivity contribution is 5.75. The van der Waals surface area contributed by atoms with Crippen LogP contribution in [-0.2, 0) is 17.8 Å². The third-order valence-corrected chi connectivity index (χ3v) is 3.57. The number of amides is 1. The van der Waals surface area contributed by atoms with E-state index >= 15 is 0 Å². The van der Waals surface area contributed by atoms with Crippen molar-refractivity contribution in [2.75, 3.05) is 7.05 Å². The van der Waals surface area contributed by atoms with Crippen molar-refractivity contribution in [3.05, 3.63) is 54.1 Å². The molecule has 0 spiro atoms. The van der Waals surface area contributed by atoms with Crippen molar-refractivity contribution in [1.29, 1.82) is 0 Å². The number of carbonyl (C=O) groups is 1. The van der Waals surface area contributed by atoms with E-state index in [4.69, 9.17) is 8.94 Å². The lowest BCUT2D eigenvalue weighted by Gasteiger charge is -2.14. The molecule has 0 saturated heterocycles. The number of rotatable bonds is 6. The fourth-order valence-corrected chi connectivity index (χ4v) is 2.27. The minimum absolute atomic E-state index is 0.00675. The van der Waals surface area contributed by atoms with Gasteiger partial charge in [0, 0.05) is 37.8 Å². The van der Waals surface area contributed by atoms with Crippen LogP contribution in [0.15, 0.2) is 45.6 Å². The summed E-state index contributed by atoms with van der Waals surface area (Å²) >= 11 is 0. The first-order valence-corrected chi connectivity index (χ1v) is 7.64. The van der Waals surface area contributed by atoms with E-state index in [1.807, 2.05) is 19.1 Å². The van der Waals surface area contributed by atoms with Gasteiger partial charge in [0.1, 0.15) is 11.5 Å². The zero-order chi connectivity index (χ0) is 16.9. The van der Waals surface area contributed by atoms with E-state index < -0.39 is 0 Å². The van der Waals surface area contributed by atoms with Gasteiger partial charge in [0.05, 0.1) is 6.54 Å². The summed E-state index contributed by atoms with van der Waals surface area (Å²) in [7, 11) is 1.75. The van der Waals surface area contributed by atoms with Crippen LogP contribution in [0.5, 0.6) is 0 Å². The molecule has 0 N–H and O–H groups in total. The summed E-state index contributed by atoms with van der Waals surface area (Å²) in [6.07, 6.45) is 4.03. The van der Waals surface area contributed by atoms with Gasteiger partial charge in [0.2, 0.25) is 17.6 Å². The van der Waals surface area contributed by atoms with Gasteiger partial charge in [-0.15, -0.1) is 0 Å². The van der Waals surface area contributed by atoms with Crippen molar-refractivity contribution < 1.29 is 13.7 Å². The lowest BCUT2D eigenvalue weighted by molar-refractivity contribution is -0.130. The summed E-state index contributed by atoms with van der Waals surface area (Å²) in [6.45, 7) is 2.32. The first-order valence-electron chi connectivity index (χ1n) is 7.64. The number of hydrogen-bond acceptors (Lipinski definition) is 6. The van der Waals surface area contributed by atoms with E-state index in [0.717, 1.165) is 17.1 Å². The van der Waals surface area contributed by atoms with Crippen LogP contribution >= 0.6 is 0 Å². The molecule has 7 nitrogen and oxygen atoms in total. The molecule has 0 aromatic carbocycles. The van der Waals surface area contributed by atoms with Gasteiger partial charge < -0.3 is 13.8 Å². The fourth-order valence-electron chi connectivity index (χ4n) is 2.27. The Morgan fingerprint density at radius 1 is 1.21 bits per heavy atom. The molecule has 24 heavy (non-hydrogen) atoms. The summed E-state index contributed by atoms with van der Waals surface area (Å²) in [6, 6.07) is 7.36. The molecule has 0 aliphatic rings. The van der Waals surface area contributed by atoms with Crippen molar-refractivity contribution in [3.63, 3.8) is 0 Å². The van der Waals surface area contributed by atoms with Crippen LogP contribution < -0.4 is 0 Å². The Morgan fingerprint density at radius 3 is 2.71 bits per heavy atom. The maximum Gasteiger partial charge on any atom is 0.227 e. The van der Waals surface area contributed by atoms with Gasteiger partial charge >= 0.3 is 0 Å². The molecule has 3 aromatic rings. The summed E-state index contributed by atoms with van der Waals surface area (Å²) in [5.74, 6) is 2.53. The van der Waals surface area contributed by atoms with Crippen LogP contribution in [0.1, 0.15) is 23.8 Å². The van der Waals surface area contributed by atoms with Crippen molar-refractivity contribution in [2.24, 2.45) is 0 Å². The number of aromatic nitrogens is 3. The second kappa shape index (κ2) is 7.08. The minimum atomic E-state index is -0.00675. The molecular weight excluding hydrogens is 308 g/mol. The predicted molar refractivity (Wildman–Crippen MR) is 85.8 cm³/mol. The average Bonchev–Trinajstić information content (AvgIpc) is 3.22. The van der Waals surface area contributed by atoms with E-state index in [9.17, 15) is 4.79 Å². The second-order valence-electron chi connectivity index (χ2n) is 5.51. The van der Waals surface area contributed by atoms with E-state index in [2.05, 4.69) is 15.1 Å². The highest BCUT2D eigenvalue weighted by Crippen LogP contribution is 2.15. The fraction of sp³-hybridized carbons (Fsp3) is 0.294. The van der Waals surface area contributed by atoms with Crippen molar-refractivity contribution in [1.82, 2.24) is 20.0 Å². The predicted octanol–water partition coefficient (Wildman–Crippen LogP) is 2.62. The van der Waals surface area contributed by atoms with Crippen molar-refractivity contribution in [2.45, 2.75) is 26.3 Å². The molecule has 0 bridgehead atoms. The summed E-state index contributed by atoms with van der Waals surface area (Å²) in [5.41, 5.74) is 0.830. The number of pyridine rings is 1. The lowest BCUT2D eigenvalue weighted by Crippen LogP contribution is -2.26. The van der Waals surface area contributed by atoms with Crippen LogP contribution in [0.4, 0.5) is 0 Å². The molecule has 0 saturated carbocycles. The molecule has 3 aromatic heterocycles. The Kier molecular flexibility index (Phi) is 4.69. The third-order valence-electron chi connectivity index (χ3n) is 3.57. The van der Waals surface area contributed by atoms with Gasteiger partial charge in [-0.05, 0) is 31.2 Å². The summed E-state index contributed by atoms with van der Waals surface area (Å²) in [4.78, 5) is 22.1. The molecule has 0 aliphatic heterocycles. The Balaban J connectivity index is 1.53. The molecule has 7 heteroatoms. The summed E-state index contributed by atoms with van der Waals surface area (Å²) in [5, 5.41) is 3.93. The molecule has 124 valence electrons. The second-order valence-corrected chi connectivity index (χ2v) is 5.51. The number of carbonyl (C=O) groups excluding carboxylic acids is 1. The normalized spacial score (nSPS) is 10.8. The largest absolute Gasteiger partial charge is 0.464 e. The van der Waals surface area contributed by atoms with Crippen LogP contribution in [0.3, 0.4) is 0 Å². The van der Waals surface area contributed by atoms with Crippen molar-refractivity contribution in [3.8, 4) is 11.4 Å². The number of hydrogen-bond donors (Lipinski definition) is 0. The molecule has 0 radical (unpaired) electrons. The van der Waals surface area contributed by atoms with E-state index in [1.165, 1.54) is 0 Å². The minimum Gasteiger partial charge on any atom is -0.464 e. The van der Waals surface area contributed by atoms with Gasteiger partial charge in [0.25, 0.3) is 0 Å². The molecule has 0 atom stereocenters. The third kappa shape index (κ3) is 3.87. The van der Waals surface area contributed by atoms with Crippen molar-refractivity contribution >= 4 is 5.91 Å². The Hall–Kier alpha value is -2.96. The van der Waals surface area contributed by atoms with E-state index in [1.54, 1.807) is 36.5 Å². The van der Waals surface area contributed by atoms with Gasteiger partial charge in [-0.2, -0.15) is 4.98 Å². The molecule has 3 heterocycles. The SMILES string of the molecule is Cc1ccc(CN(C)C(=O)CCc2nc(-c3ccncc3)no2)o1. The number of furan rings is 1. The first kappa shape index (κ1) is 15.9. The van der Waals surface area contributed by atoms with Gasteiger partial charge in [-0.25, -0.2) is 0 Å². The highest BCUT2D eigenvalue weighted by Gasteiger charge is 2.14. The Bertz CT molecular complexity index is 810. The molecule has 1 amide bonds. The zero-order valence-corrected chi connectivity index (χ0v) is 13.6. The number of nitrogens with zero attached hydrogens (tertiary/aromatic N) is 4. The summed E-state index contributed by atoms with van der Waals surface area (Å²) < 4.78 is 10.7. The smallest absolute Gasteiger partial charge is 0.227 e. The lowest BCUT2D eigenvalue weighted by atomic mass is 10.2. The van der Waals surface area contributed by atoms with E-state index in [-0.39, 0.29) is 5.91 Å². The highest BCUT2D eigenvalue weighted by atomic mass is 16.5. The average molecular weight is 326 g/mol. The molecule has 0 aliphatic carbocycles. The molecule has 3 rings (SSSR count). The van der Waals surface area contributed by atoms with Gasteiger partial charge in [-0.3, -0.25) is 9.78 Å².